The molecule has 0 saturated carbocycles. The van der Waals surface area contributed by atoms with E-state index in [4.69, 9.17) is 5.11 Å². The Balaban J connectivity index is 2.61. The Bertz CT molecular complexity index is 440. The standard InChI is InChI=1S/C14H18O3S/c1-11(2)10-18(17)13(14(15)16)9-8-12-6-4-3-5-7-12/h3-7,13H,1,8-10H2,2H3,(H,15,16). The highest BCUT2D eigenvalue weighted by atomic mass is 32.2. The van der Waals surface area contributed by atoms with Crippen molar-refractivity contribution < 1.29 is 14.1 Å². The summed E-state index contributed by atoms with van der Waals surface area (Å²) >= 11 is 0. The highest BCUT2D eigenvalue weighted by Gasteiger charge is 2.24. The molecule has 0 radical (unpaired) electrons. The number of hydrogen-bond donors (Lipinski definition) is 1. The van der Waals surface area contributed by atoms with Gasteiger partial charge in [-0.05, 0) is 25.3 Å². The number of hydrogen-bond acceptors (Lipinski definition) is 2. The lowest BCUT2D eigenvalue weighted by molar-refractivity contribution is -0.136. The fourth-order valence-corrected chi connectivity index (χ4v) is 2.95. The molecule has 3 nitrogen and oxygen atoms in total. The summed E-state index contributed by atoms with van der Waals surface area (Å²) in [5.74, 6) is -0.739. The van der Waals surface area contributed by atoms with Gasteiger partial charge in [-0.1, -0.05) is 42.5 Å². The SMILES string of the molecule is C=C(C)CS(=O)C(CCc1ccccc1)C(=O)O. The maximum atomic E-state index is 11.9. The fraction of sp³-hybridized carbons (Fsp3) is 0.357. The van der Waals surface area contributed by atoms with E-state index in [1.165, 1.54) is 0 Å². The van der Waals surface area contributed by atoms with Crippen molar-refractivity contribution in [2.45, 2.75) is 25.0 Å². The molecule has 0 spiro atoms. The largest absolute Gasteiger partial charge is 0.480 e. The van der Waals surface area contributed by atoms with Gasteiger partial charge in [0.05, 0.1) is 0 Å². The van der Waals surface area contributed by atoms with Crippen LogP contribution in [-0.4, -0.2) is 26.3 Å². The summed E-state index contributed by atoms with van der Waals surface area (Å²) in [5.41, 5.74) is 1.82. The van der Waals surface area contributed by atoms with E-state index in [0.717, 1.165) is 11.1 Å². The second-order valence-corrected chi connectivity index (χ2v) is 5.95. The Morgan fingerprint density at radius 1 is 1.39 bits per heavy atom. The van der Waals surface area contributed by atoms with Gasteiger partial charge in [-0.25, -0.2) is 0 Å². The molecular weight excluding hydrogens is 248 g/mol. The van der Waals surface area contributed by atoms with Crippen LogP contribution in [0.25, 0.3) is 0 Å². The van der Waals surface area contributed by atoms with Gasteiger partial charge >= 0.3 is 5.97 Å². The van der Waals surface area contributed by atoms with Crippen LogP contribution in [-0.2, 0) is 22.0 Å². The number of carbonyl (C=O) groups is 1. The van der Waals surface area contributed by atoms with E-state index in [9.17, 15) is 9.00 Å². The molecule has 0 aliphatic heterocycles. The third-order valence-electron chi connectivity index (χ3n) is 2.52. The van der Waals surface area contributed by atoms with Gasteiger partial charge in [0.2, 0.25) is 0 Å². The van der Waals surface area contributed by atoms with E-state index in [2.05, 4.69) is 6.58 Å². The Hall–Kier alpha value is -1.42. The van der Waals surface area contributed by atoms with Crippen molar-refractivity contribution in [3.63, 3.8) is 0 Å². The molecule has 0 fully saturated rings. The lowest BCUT2D eigenvalue weighted by Gasteiger charge is -2.12. The number of aliphatic carboxylic acids is 1. The molecule has 0 saturated heterocycles. The fourth-order valence-electron chi connectivity index (χ4n) is 1.65. The van der Waals surface area contributed by atoms with E-state index < -0.39 is 22.0 Å². The smallest absolute Gasteiger partial charge is 0.319 e. The molecule has 2 unspecified atom stereocenters. The summed E-state index contributed by atoms with van der Waals surface area (Å²) in [6.45, 7) is 5.43. The van der Waals surface area contributed by atoms with Crippen LogP contribution < -0.4 is 0 Å². The quantitative estimate of drug-likeness (QED) is 0.771. The van der Waals surface area contributed by atoms with Crippen molar-refractivity contribution >= 4 is 16.8 Å². The van der Waals surface area contributed by atoms with Gasteiger partial charge in [0, 0.05) is 16.6 Å². The average molecular weight is 266 g/mol. The zero-order valence-corrected chi connectivity index (χ0v) is 11.3. The molecule has 1 aromatic carbocycles. The first-order chi connectivity index (χ1) is 8.50. The van der Waals surface area contributed by atoms with E-state index in [1.807, 2.05) is 30.3 Å². The second kappa shape index (κ2) is 7.11. The van der Waals surface area contributed by atoms with Crippen LogP contribution in [0.2, 0.25) is 0 Å². The highest BCUT2D eigenvalue weighted by Crippen LogP contribution is 2.11. The molecule has 18 heavy (non-hydrogen) atoms. The minimum Gasteiger partial charge on any atom is -0.480 e. The maximum Gasteiger partial charge on any atom is 0.319 e. The third kappa shape index (κ3) is 4.84. The lowest BCUT2D eigenvalue weighted by Crippen LogP contribution is -2.28. The number of rotatable bonds is 7. The number of benzene rings is 1. The minimum atomic E-state index is -1.39. The number of aryl methyl sites for hydroxylation is 1. The topological polar surface area (TPSA) is 54.4 Å². The van der Waals surface area contributed by atoms with Crippen LogP contribution >= 0.6 is 0 Å². The van der Waals surface area contributed by atoms with Crippen LogP contribution in [0.5, 0.6) is 0 Å². The highest BCUT2D eigenvalue weighted by molar-refractivity contribution is 7.86. The van der Waals surface area contributed by atoms with Gasteiger partial charge in [-0.2, -0.15) is 0 Å². The van der Waals surface area contributed by atoms with E-state index >= 15 is 0 Å². The predicted molar refractivity (Wildman–Crippen MR) is 74.0 cm³/mol. The first kappa shape index (κ1) is 14.6. The maximum absolute atomic E-state index is 11.9. The van der Waals surface area contributed by atoms with Crippen molar-refractivity contribution in [2.24, 2.45) is 0 Å². The molecule has 0 aliphatic carbocycles. The molecule has 1 N–H and O–H groups in total. The van der Waals surface area contributed by atoms with E-state index in [-0.39, 0.29) is 5.75 Å². The molecule has 98 valence electrons. The molecule has 1 rings (SSSR count). The Morgan fingerprint density at radius 3 is 2.50 bits per heavy atom. The van der Waals surface area contributed by atoms with E-state index in [1.54, 1.807) is 6.92 Å². The van der Waals surface area contributed by atoms with Gasteiger partial charge in [0.25, 0.3) is 0 Å². The second-order valence-electron chi connectivity index (χ2n) is 4.33. The summed E-state index contributed by atoms with van der Waals surface area (Å²) in [6.07, 6.45) is 1.01. The van der Waals surface area contributed by atoms with Gasteiger partial charge in [-0.3, -0.25) is 9.00 Å². The minimum absolute atomic E-state index is 0.256. The molecule has 0 aliphatic rings. The summed E-state index contributed by atoms with van der Waals surface area (Å²) in [7, 11) is -1.39. The predicted octanol–water partition coefficient (Wildman–Crippen LogP) is 2.40. The first-order valence-electron chi connectivity index (χ1n) is 5.79. The zero-order chi connectivity index (χ0) is 13.5. The van der Waals surface area contributed by atoms with Crippen molar-refractivity contribution in [2.75, 3.05) is 5.75 Å². The number of carboxylic acid groups (broad SMARTS) is 1. The van der Waals surface area contributed by atoms with Gasteiger partial charge in [-0.15, -0.1) is 0 Å². The van der Waals surface area contributed by atoms with Crippen molar-refractivity contribution in [1.29, 1.82) is 0 Å². The Kier molecular flexibility index (Phi) is 5.78. The first-order valence-corrected chi connectivity index (χ1v) is 7.17. The summed E-state index contributed by atoms with van der Waals surface area (Å²) in [5, 5.41) is 8.29. The normalized spacial score (nSPS) is 13.8. The van der Waals surface area contributed by atoms with Gasteiger partial charge in [0.1, 0.15) is 5.25 Å². The third-order valence-corrected chi connectivity index (χ3v) is 4.37. The lowest BCUT2D eigenvalue weighted by atomic mass is 10.1. The molecule has 0 bridgehead atoms. The zero-order valence-electron chi connectivity index (χ0n) is 10.5. The van der Waals surface area contributed by atoms with Crippen LogP contribution in [0.4, 0.5) is 0 Å². The monoisotopic (exact) mass is 266 g/mol. The van der Waals surface area contributed by atoms with Crippen LogP contribution in [0.3, 0.4) is 0 Å². The van der Waals surface area contributed by atoms with Crippen molar-refractivity contribution in [3.8, 4) is 0 Å². The Labute approximate surface area is 110 Å². The summed E-state index contributed by atoms with van der Waals surface area (Å²) < 4.78 is 11.9. The van der Waals surface area contributed by atoms with E-state index in [0.29, 0.717) is 12.8 Å². The molecule has 0 aromatic heterocycles. The van der Waals surface area contributed by atoms with Crippen LogP contribution in [0, 0.1) is 0 Å². The van der Waals surface area contributed by atoms with Gasteiger partial charge in [0.15, 0.2) is 0 Å². The molecule has 0 heterocycles. The average Bonchev–Trinajstić information content (AvgIpc) is 2.29. The molecule has 4 heteroatoms. The summed E-state index contributed by atoms with van der Waals surface area (Å²) in [4.78, 5) is 11.1. The number of carboxylic acids is 1. The molecule has 0 amide bonds. The Morgan fingerprint density at radius 2 is 2.00 bits per heavy atom. The van der Waals surface area contributed by atoms with Crippen molar-refractivity contribution in [3.05, 3.63) is 48.0 Å². The van der Waals surface area contributed by atoms with Crippen LogP contribution in [0.1, 0.15) is 18.9 Å². The molecular formula is C14H18O3S. The van der Waals surface area contributed by atoms with Crippen LogP contribution in [0.15, 0.2) is 42.5 Å². The van der Waals surface area contributed by atoms with Crippen molar-refractivity contribution in [1.82, 2.24) is 0 Å². The van der Waals surface area contributed by atoms with Gasteiger partial charge < -0.3 is 5.11 Å². The molecule has 2 atom stereocenters. The molecule has 1 aromatic rings. The summed E-state index contributed by atoms with van der Waals surface area (Å²) in [6, 6.07) is 9.63.